The molecule has 1 amide bonds. The lowest BCUT2D eigenvalue weighted by Gasteiger charge is -2.13. The van der Waals surface area contributed by atoms with E-state index in [0.29, 0.717) is 12.5 Å². The summed E-state index contributed by atoms with van der Waals surface area (Å²) in [6.45, 7) is 2.70. The lowest BCUT2D eigenvalue weighted by molar-refractivity contribution is -0.118. The van der Waals surface area contributed by atoms with Gasteiger partial charge in [-0.3, -0.25) is 4.79 Å². The van der Waals surface area contributed by atoms with Gasteiger partial charge in [-0.1, -0.05) is 0 Å². The molecule has 1 saturated carbocycles. The highest BCUT2D eigenvalue weighted by Crippen LogP contribution is 2.35. The minimum absolute atomic E-state index is 0.111. The Morgan fingerprint density at radius 3 is 3.12 bits per heavy atom. The maximum atomic E-state index is 10.7. The molecule has 0 saturated heterocycles. The summed E-state index contributed by atoms with van der Waals surface area (Å²) >= 11 is 0. The third-order valence-corrected chi connectivity index (χ3v) is 2.83. The van der Waals surface area contributed by atoms with Crippen molar-refractivity contribution in [1.82, 2.24) is 14.9 Å². The SMILES string of the molecule is CC(CC(N)=O)NCc1cncn1C1CC1. The van der Waals surface area contributed by atoms with Gasteiger partial charge in [-0.05, 0) is 19.8 Å². The lowest BCUT2D eigenvalue weighted by atomic mass is 10.2. The first-order valence-electron chi connectivity index (χ1n) is 5.69. The van der Waals surface area contributed by atoms with Crippen molar-refractivity contribution in [2.75, 3.05) is 0 Å². The number of hydrogen-bond donors (Lipinski definition) is 2. The Hall–Kier alpha value is -1.36. The van der Waals surface area contributed by atoms with Crippen LogP contribution < -0.4 is 11.1 Å². The van der Waals surface area contributed by atoms with Crippen LogP contribution in [0, 0.1) is 0 Å². The normalized spacial score (nSPS) is 17.3. The maximum Gasteiger partial charge on any atom is 0.218 e. The summed E-state index contributed by atoms with van der Waals surface area (Å²) in [6, 6.07) is 0.755. The summed E-state index contributed by atoms with van der Waals surface area (Å²) < 4.78 is 2.21. The van der Waals surface area contributed by atoms with Crippen LogP contribution in [-0.2, 0) is 11.3 Å². The predicted molar refractivity (Wildman–Crippen MR) is 60.6 cm³/mol. The Morgan fingerprint density at radius 1 is 1.75 bits per heavy atom. The van der Waals surface area contributed by atoms with E-state index in [1.807, 2.05) is 19.4 Å². The zero-order valence-corrected chi connectivity index (χ0v) is 9.52. The predicted octanol–water partition coefficient (Wildman–Crippen LogP) is 0.571. The molecule has 0 spiro atoms. The molecule has 5 nitrogen and oxygen atoms in total. The quantitative estimate of drug-likeness (QED) is 0.739. The number of nitrogens with zero attached hydrogens (tertiary/aromatic N) is 2. The molecule has 16 heavy (non-hydrogen) atoms. The average Bonchev–Trinajstić information content (AvgIpc) is 2.94. The molecule has 0 radical (unpaired) electrons. The number of hydrogen-bond acceptors (Lipinski definition) is 3. The highest BCUT2D eigenvalue weighted by molar-refractivity contribution is 5.74. The van der Waals surface area contributed by atoms with Crippen LogP contribution in [0.5, 0.6) is 0 Å². The lowest BCUT2D eigenvalue weighted by Crippen LogP contribution is -2.31. The average molecular weight is 222 g/mol. The Bertz CT molecular complexity index is 370. The van der Waals surface area contributed by atoms with Gasteiger partial charge in [0, 0.05) is 31.2 Å². The number of carbonyl (C=O) groups is 1. The molecule has 1 aliphatic rings. The third-order valence-electron chi connectivity index (χ3n) is 2.83. The highest BCUT2D eigenvalue weighted by atomic mass is 16.1. The molecule has 1 aromatic rings. The van der Waals surface area contributed by atoms with E-state index in [1.54, 1.807) is 0 Å². The molecule has 2 rings (SSSR count). The number of nitrogens with one attached hydrogen (secondary N) is 1. The number of aromatic nitrogens is 2. The van der Waals surface area contributed by atoms with Crippen LogP contribution in [0.2, 0.25) is 0 Å². The largest absolute Gasteiger partial charge is 0.370 e. The number of amides is 1. The molecular weight excluding hydrogens is 204 g/mol. The molecule has 1 aromatic heterocycles. The second-order valence-corrected chi connectivity index (χ2v) is 4.48. The first-order valence-corrected chi connectivity index (χ1v) is 5.69. The highest BCUT2D eigenvalue weighted by Gasteiger charge is 2.25. The van der Waals surface area contributed by atoms with E-state index in [0.717, 1.165) is 6.54 Å². The van der Waals surface area contributed by atoms with E-state index in [1.165, 1.54) is 18.5 Å². The van der Waals surface area contributed by atoms with Crippen LogP contribution in [0.4, 0.5) is 0 Å². The number of nitrogens with two attached hydrogens (primary N) is 1. The van der Waals surface area contributed by atoms with Crippen LogP contribution >= 0.6 is 0 Å². The van der Waals surface area contributed by atoms with Crippen LogP contribution in [0.25, 0.3) is 0 Å². The van der Waals surface area contributed by atoms with Gasteiger partial charge in [0.25, 0.3) is 0 Å². The van der Waals surface area contributed by atoms with E-state index in [4.69, 9.17) is 5.73 Å². The fraction of sp³-hybridized carbons (Fsp3) is 0.636. The van der Waals surface area contributed by atoms with Crippen LogP contribution in [0.3, 0.4) is 0 Å². The summed E-state index contributed by atoms with van der Waals surface area (Å²) in [5, 5.41) is 3.28. The summed E-state index contributed by atoms with van der Waals surface area (Å²) in [6.07, 6.45) is 6.63. The van der Waals surface area contributed by atoms with Gasteiger partial charge in [0.15, 0.2) is 0 Å². The maximum absolute atomic E-state index is 10.7. The fourth-order valence-electron chi connectivity index (χ4n) is 1.80. The van der Waals surface area contributed by atoms with Gasteiger partial charge in [-0.25, -0.2) is 4.98 Å². The molecule has 3 N–H and O–H groups in total. The summed E-state index contributed by atoms with van der Waals surface area (Å²) in [4.78, 5) is 14.9. The molecule has 1 atom stereocenters. The molecule has 1 unspecified atom stereocenters. The monoisotopic (exact) mass is 222 g/mol. The standard InChI is InChI=1S/C11H18N4O/c1-8(4-11(12)16)14-6-10-5-13-7-15(10)9-2-3-9/h5,7-9,14H,2-4,6H2,1H3,(H2,12,16). The molecule has 88 valence electrons. The number of rotatable bonds is 6. The first-order chi connectivity index (χ1) is 7.66. The topological polar surface area (TPSA) is 72.9 Å². The Kier molecular flexibility index (Phi) is 3.24. The smallest absolute Gasteiger partial charge is 0.218 e. The van der Waals surface area contributed by atoms with Crippen molar-refractivity contribution in [2.24, 2.45) is 5.73 Å². The fourth-order valence-corrected chi connectivity index (χ4v) is 1.80. The summed E-state index contributed by atoms with van der Waals surface area (Å²) in [5.41, 5.74) is 6.31. The van der Waals surface area contributed by atoms with Crippen molar-refractivity contribution in [3.63, 3.8) is 0 Å². The molecular formula is C11H18N4O. The van der Waals surface area contributed by atoms with Crippen LogP contribution in [-0.4, -0.2) is 21.5 Å². The van der Waals surface area contributed by atoms with Gasteiger partial charge in [0.05, 0.1) is 12.0 Å². The number of imidazole rings is 1. The van der Waals surface area contributed by atoms with Crippen molar-refractivity contribution in [1.29, 1.82) is 0 Å². The molecule has 0 bridgehead atoms. The van der Waals surface area contributed by atoms with Crippen molar-refractivity contribution in [2.45, 2.75) is 44.8 Å². The third kappa shape index (κ3) is 2.82. The molecule has 0 aromatic carbocycles. The van der Waals surface area contributed by atoms with E-state index in [9.17, 15) is 4.79 Å². The van der Waals surface area contributed by atoms with E-state index < -0.39 is 0 Å². The Balaban J connectivity index is 1.84. The summed E-state index contributed by atoms with van der Waals surface area (Å²) in [5.74, 6) is -0.268. The second-order valence-electron chi connectivity index (χ2n) is 4.48. The zero-order valence-electron chi connectivity index (χ0n) is 9.52. The van der Waals surface area contributed by atoms with Crippen molar-refractivity contribution < 1.29 is 4.79 Å². The van der Waals surface area contributed by atoms with Crippen molar-refractivity contribution >= 4 is 5.91 Å². The summed E-state index contributed by atoms with van der Waals surface area (Å²) in [7, 11) is 0. The molecule has 5 heteroatoms. The molecule has 1 fully saturated rings. The van der Waals surface area contributed by atoms with Gasteiger partial charge in [0.2, 0.25) is 5.91 Å². The van der Waals surface area contributed by atoms with Gasteiger partial charge < -0.3 is 15.6 Å². The van der Waals surface area contributed by atoms with Gasteiger partial charge in [-0.15, -0.1) is 0 Å². The minimum Gasteiger partial charge on any atom is -0.370 e. The molecule has 0 aliphatic heterocycles. The zero-order chi connectivity index (χ0) is 11.5. The van der Waals surface area contributed by atoms with Crippen molar-refractivity contribution in [3.8, 4) is 0 Å². The van der Waals surface area contributed by atoms with E-state index in [-0.39, 0.29) is 11.9 Å². The van der Waals surface area contributed by atoms with E-state index >= 15 is 0 Å². The van der Waals surface area contributed by atoms with Crippen LogP contribution in [0.1, 0.15) is 37.9 Å². The van der Waals surface area contributed by atoms with Gasteiger partial charge in [0.1, 0.15) is 0 Å². The van der Waals surface area contributed by atoms with Gasteiger partial charge in [-0.2, -0.15) is 0 Å². The van der Waals surface area contributed by atoms with E-state index in [2.05, 4.69) is 14.9 Å². The van der Waals surface area contributed by atoms with Gasteiger partial charge >= 0.3 is 0 Å². The molecule has 1 heterocycles. The van der Waals surface area contributed by atoms with Crippen LogP contribution in [0.15, 0.2) is 12.5 Å². The minimum atomic E-state index is -0.268. The molecule has 1 aliphatic carbocycles. The second kappa shape index (κ2) is 4.65. The van der Waals surface area contributed by atoms with Crippen molar-refractivity contribution in [3.05, 3.63) is 18.2 Å². The number of primary amides is 1. The Labute approximate surface area is 95.0 Å². The number of carbonyl (C=O) groups excluding carboxylic acids is 1. The Morgan fingerprint density at radius 2 is 2.50 bits per heavy atom. The first kappa shape index (κ1) is 11.1.